The van der Waals surface area contributed by atoms with Crippen molar-refractivity contribution in [2.75, 3.05) is 11.5 Å². The quantitative estimate of drug-likeness (QED) is 0.799. The van der Waals surface area contributed by atoms with Crippen LogP contribution in [0, 0.1) is 6.92 Å². The first-order chi connectivity index (χ1) is 6.40. The number of sulfone groups is 1. The van der Waals surface area contributed by atoms with Gasteiger partial charge >= 0.3 is 0 Å². The van der Waals surface area contributed by atoms with Crippen molar-refractivity contribution in [2.45, 2.75) is 25.3 Å². The number of hydrogen-bond acceptors (Lipinski definition) is 4. The highest BCUT2D eigenvalue weighted by Gasteiger charge is 2.23. The van der Waals surface area contributed by atoms with Crippen LogP contribution in [0.25, 0.3) is 0 Å². The van der Waals surface area contributed by atoms with Gasteiger partial charge in [0, 0.05) is 7.05 Å². The zero-order chi connectivity index (χ0) is 10.9. The molecule has 1 rings (SSSR count). The normalized spacial score (nSPS) is 11.9. The Morgan fingerprint density at radius 3 is 2.43 bits per heavy atom. The van der Waals surface area contributed by atoms with E-state index in [2.05, 4.69) is 5.10 Å². The Morgan fingerprint density at radius 2 is 2.07 bits per heavy atom. The van der Waals surface area contributed by atoms with Gasteiger partial charge in [0.25, 0.3) is 0 Å². The van der Waals surface area contributed by atoms with Crippen LogP contribution < -0.4 is 5.73 Å². The van der Waals surface area contributed by atoms with Crippen molar-refractivity contribution in [2.24, 2.45) is 7.05 Å². The molecule has 6 heteroatoms. The van der Waals surface area contributed by atoms with Gasteiger partial charge in [0.05, 0.1) is 17.1 Å². The van der Waals surface area contributed by atoms with E-state index in [4.69, 9.17) is 5.73 Å². The lowest BCUT2D eigenvalue weighted by Gasteiger charge is -2.03. The minimum Gasteiger partial charge on any atom is -0.395 e. The molecule has 0 fully saturated rings. The molecule has 0 atom stereocenters. The molecule has 0 spiro atoms. The molecule has 1 aromatic rings. The number of aromatic nitrogens is 2. The van der Waals surface area contributed by atoms with Gasteiger partial charge in [-0.1, -0.05) is 6.92 Å². The first kappa shape index (κ1) is 11.0. The highest BCUT2D eigenvalue weighted by atomic mass is 32.2. The van der Waals surface area contributed by atoms with E-state index in [-0.39, 0.29) is 16.5 Å². The third kappa shape index (κ3) is 1.75. The van der Waals surface area contributed by atoms with Crippen LogP contribution in [0.15, 0.2) is 5.03 Å². The monoisotopic (exact) mass is 217 g/mol. The molecule has 0 amide bonds. The van der Waals surface area contributed by atoms with Crippen LogP contribution in [0.4, 0.5) is 5.69 Å². The first-order valence-corrected chi connectivity index (χ1v) is 6.07. The fourth-order valence-electron chi connectivity index (χ4n) is 1.39. The Bertz CT molecular complexity index is 434. The van der Waals surface area contributed by atoms with E-state index < -0.39 is 9.84 Å². The van der Waals surface area contributed by atoms with Gasteiger partial charge < -0.3 is 5.73 Å². The highest BCUT2D eigenvalue weighted by Crippen LogP contribution is 2.22. The molecular formula is C8H15N3O2S. The first-order valence-electron chi connectivity index (χ1n) is 4.42. The second-order valence-corrected chi connectivity index (χ2v) is 5.27. The van der Waals surface area contributed by atoms with Gasteiger partial charge in [-0.25, -0.2) is 8.42 Å². The summed E-state index contributed by atoms with van der Waals surface area (Å²) in [5, 5.41) is 4.11. The molecule has 0 radical (unpaired) electrons. The highest BCUT2D eigenvalue weighted by molar-refractivity contribution is 7.91. The summed E-state index contributed by atoms with van der Waals surface area (Å²) in [5.74, 6) is 0.107. The summed E-state index contributed by atoms with van der Waals surface area (Å²) in [4.78, 5) is 0. The molecule has 80 valence electrons. The van der Waals surface area contributed by atoms with Crippen molar-refractivity contribution in [3.63, 3.8) is 0 Å². The molecule has 5 nitrogen and oxygen atoms in total. The fraction of sp³-hybridized carbons (Fsp3) is 0.625. The van der Waals surface area contributed by atoms with E-state index in [1.54, 1.807) is 14.0 Å². The summed E-state index contributed by atoms with van der Waals surface area (Å²) < 4.78 is 24.8. The minimum atomic E-state index is -3.28. The average Bonchev–Trinajstić information content (AvgIpc) is 2.26. The topological polar surface area (TPSA) is 78.0 Å². The van der Waals surface area contributed by atoms with Crippen molar-refractivity contribution in [1.29, 1.82) is 0 Å². The van der Waals surface area contributed by atoms with Crippen LogP contribution in [0.1, 0.15) is 19.0 Å². The minimum absolute atomic E-state index is 0.107. The molecule has 14 heavy (non-hydrogen) atoms. The standard InChI is InChI=1S/C8H15N3O2S/c1-4-5-14(12,13)8-7(9)6(2)10-11(8)3/h4-5,9H2,1-3H3. The Hall–Kier alpha value is -1.04. The van der Waals surface area contributed by atoms with E-state index in [0.717, 1.165) is 0 Å². The van der Waals surface area contributed by atoms with Crippen molar-refractivity contribution in [3.05, 3.63) is 5.69 Å². The molecule has 0 aliphatic heterocycles. The number of anilines is 1. The van der Waals surface area contributed by atoms with Crippen LogP contribution in [-0.2, 0) is 16.9 Å². The Balaban J connectivity index is 3.32. The van der Waals surface area contributed by atoms with E-state index in [1.807, 2.05) is 6.92 Å². The second-order valence-electron chi connectivity index (χ2n) is 3.25. The third-order valence-corrected chi connectivity index (χ3v) is 4.00. The van der Waals surface area contributed by atoms with E-state index in [1.165, 1.54) is 4.68 Å². The van der Waals surface area contributed by atoms with Crippen LogP contribution in [0.2, 0.25) is 0 Å². The molecule has 1 heterocycles. The lowest BCUT2D eigenvalue weighted by Crippen LogP contribution is -2.12. The molecular weight excluding hydrogens is 202 g/mol. The molecule has 0 aliphatic carbocycles. The molecule has 0 saturated heterocycles. The summed E-state index contributed by atoms with van der Waals surface area (Å²) in [7, 11) is -1.69. The average molecular weight is 217 g/mol. The smallest absolute Gasteiger partial charge is 0.197 e. The number of nitrogens with zero attached hydrogens (tertiary/aromatic N) is 2. The molecule has 1 aromatic heterocycles. The zero-order valence-electron chi connectivity index (χ0n) is 8.61. The SMILES string of the molecule is CCCS(=O)(=O)c1c(N)c(C)nn1C. The van der Waals surface area contributed by atoms with Crippen LogP contribution >= 0.6 is 0 Å². The fourth-order valence-corrected chi connectivity index (χ4v) is 3.04. The molecule has 0 unspecified atom stereocenters. The lowest BCUT2D eigenvalue weighted by atomic mass is 10.4. The summed E-state index contributed by atoms with van der Waals surface area (Å²) in [6, 6.07) is 0. The van der Waals surface area contributed by atoms with Crippen LogP contribution in [-0.4, -0.2) is 24.0 Å². The maximum absolute atomic E-state index is 11.7. The summed E-state index contributed by atoms with van der Waals surface area (Å²) in [5.41, 5.74) is 6.48. The molecule has 0 saturated carbocycles. The summed E-state index contributed by atoms with van der Waals surface area (Å²) in [6.45, 7) is 3.51. The van der Waals surface area contributed by atoms with Gasteiger partial charge in [-0.2, -0.15) is 5.10 Å². The van der Waals surface area contributed by atoms with Gasteiger partial charge in [-0.05, 0) is 13.3 Å². The van der Waals surface area contributed by atoms with Crippen LogP contribution in [0.3, 0.4) is 0 Å². The zero-order valence-corrected chi connectivity index (χ0v) is 9.43. The Kier molecular flexibility index (Phi) is 2.84. The summed E-state index contributed by atoms with van der Waals surface area (Å²) >= 11 is 0. The maximum atomic E-state index is 11.7. The van der Waals surface area contributed by atoms with E-state index in [0.29, 0.717) is 12.1 Å². The molecule has 2 N–H and O–H groups in total. The molecule has 0 bridgehead atoms. The number of nitrogens with two attached hydrogens (primary N) is 1. The third-order valence-electron chi connectivity index (χ3n) is 1.98. The van der Waals surface area contributed by atoms with Crippen molar-refractivity contribution >= 4 is 15.5 Å². The van der Waals surface area contributed by atoms with E-state index >= 15 is 0 Å². The van der Waals surface area contributed by atoms with Crippen molar-refractivity contribution in [1.82, 2.24) is 9.78 Å². The number of aryl methyl sites for hydroxylation is 2. The number of hydrogen-bond donors (Lipinski definition) is 1. The van der Waals surface area contributed by atoms with Gasteiger partial charge in [-0.15, -0.1) is 0 Å². The van der Waals surface area contributed by atoms with Gasteiger partial charge in [0.2, 0.25) is 0 Å². The Morgan fingerprint density at radius 1 is 1.50 bits per heavy atom. The van der Waals surface area contributed by atoms with Crippen molar-refractivity contribution < 1.29 is 8.42 Å². The number of nitrogen functional groups attached to an aromatic ring is 1. The van der Waals surface area contributed by atoms with E-state index in [9.17, 15) is 8.42 Å². The Labute approximate surface area is 83.8 Å². The van der Waals surface area contributed by atoms with Crippen LogP contribution in [0.5, 0.6) is 0 Å². The van der Waals surface area contributed by atoms with Gasteiger partial charge in [0.1, 0.15) is 0 Å². The van der Waals surface area contributed by atoms with Gasteiger partial charge in [0.15, 0.2) is 14.9 Å². The lowest BCUT2D eigenvalue weighted by molar-refractivity contribution is 0.576. The summed E-state index contributed by atoms with van der Waals surface area (Å²) in [6.07, 6.45) is 0.575. The number of rotatable bonds is 3. The largest absolute Gasteiger partial charge is 0.395 e. The van der Waals surface area contributed by atoms with Crippen molar-refractivity contribution in [3.8, 4) is 0 Å². The van der Waals surface area contributed by atoms with Gasteiger partial charge in [-0.3, -0.25) is 4.68 Å². The molecule has 0 aromatic carbocycles. The predicted molar refractivity (Wildman–Crippen MR) is 54.7 cm³/mol. The second kappa shape index (κ2) is 3.61. The molecule has 0 aliphatic rings. The maximum Gasteiger partial charge on any atom is 0.197 e. The predicted octanol–water partition coefficient (Wildman–Crippen LogP) is 0.494.